The van der Waals surface area contributed by atoms with Crippen LogP contribution < -0.4 is 15.0 Å². The molecule has 0 unspecified atom stereocenters. The van der Waals surface area contributed by atoms with Crippen LogP contribution in [0.25, 0.3) is 83.9 Å². The molecular weight excluding hydrogens is 973 g/mol. The summed E-state index contributed by atoms with van der Waals surface area (Å²) >= 11 is 0. The number of aromatic nitrogens is 4. The Balaban J connectivity index is 0.000000858. The third-order valence-electron chi connectivity index (χ3n) is 9.73. The predicted octanol–water partition coefficient (Wildman–Crippen LogP) is 11.4. The SMILES string of the molecule is C1=CC[N-]C=C1.O=C(O)c1cc2[n-]c1c(-c1c(F)c(F)c(F)c(F)c1F)c1ccc([n-]1)c(-c1c(F)c(F)c(F)c(F)c1F)c1nc(c(-c3c(F)c(F)c(F)c(F)c3F)c3ccc2[n-]3)C=C1.[Ga]. The first-order valence-corrected chi connectivity index (χ1v) is 17.8. The number of fused-ring (bicyclic) bond motifs is 9. The van der Waals surface area contributed by atoms with Gasteiger partial charge in [-0.15, -0.1) is 34.7 Å². The Kier molecular flexibility index (Phi) is 12.5. The Hall–Kier alpha value is -7.27. The minimum absolute atomic E-state index is 0. The summed E-state index contributed by atoms with van der Waals surface area (Å²) in [5.41, 5.74) is -16.9. The molecule has 335 valence electrons. The van der Waals surface area contributed by atoms with Crippen molar-refractivity contribution in [2.24, 2.45) is 0 Å². The Bertz CT molecular complexity index is 3350. The van der Waals surface area contributed by atoms with E-state index in [4.69, 9.17) is 0 Å². The normalized spacial score (nSPS) is 12.3. The fourth-order valence-electron chi connectivity index (χ4n) is 6.82. The summed E-state index contributed by atoms with van der Waals surface area (Å²) in [6, 6.07) is 3.66. The van der Waals surface area contributed by atoms with Crippen LogP contribution in [0.2, 0.25) is 0 Å². The van der Waals surface area contributed by atoms with Crippen LogP contribution in [-0.4, -0.2) is 42.4 Å². The van der Waals surface area contributed by atoms with Gasteiger partial charge in [0.2, 0.25) is 17.5 Å². The topological polar surface area (TPSA) is 107 Å². The van der Waals surface area contributed by atoms with E-state index in [2.05, 4.69) is 25.3 Å². The summed E-state index contributed by atoms with van der Waals surface area (Å²) in [7, 11) is 0. The molecule has 23 heteroatoms. The number of rotatable bonds is 4. The van der Waals surface area contributed by atoms with Crippen molar-refractivity contribution < 1.29 is 75.8 Å². The maximum Gasteiger partial charge on any atom is 0.334 e. The van der Waals surface area contributed by atoms with Crippen molar-refractivity contribution in [2.45, 2.75) is 0 Å². The Morgan fingerprint density at radius 1 is 0.455 bits per heavy atom. The molecule has 0 spiro atoms. The van der Waals surface area contributed by atoms with Gasteiger partial charge in [0.15, 0.2) is 69.8 Å². The molecule has 7 aromatic rings. The molecule has 3 aromatic carbocycles. The summed E-state index contributed by atoms with van der Waals surface area (Å²) < 4.78 is 224. The summed E-state index contributed by atoms with van der Waals surface area (Å²) in [4.78, 5) is 28.4. The second-order valence-electron chi connectivity index (χ2n) is 13.5. The van der Waals surface area contributed by atoms with Crippen LogP contribution in [0.15, 0.2) is 54.8 Å². The summed E-state index contributed by atoms with van der Waals surface area (Å²) in [6.45, 7) is 0.858. The molecule has 0 aliphatic carbocycles. The smallest absolute Gasteiger partial charge is 0.334 e. The molecule has 3 radical (unpaired) electrons. The van der Waals surface area contributed by atoms with Gasteiger partial charge in [0.05, 0.1) is 28.1 Å². The molecule has 6 heterocycles. The second kappa shape index (κ2) is 17.6. The number of carbonyl (C=O) groups is 1. The van der Waals surface area contributed by atoms with E-state index in [0.717, 1.165) is 24.8 Å². The van der Waals surface area contributed by atoms with Crippen molar-refractivity contribution in [1.82, 2.24) is 19.9 Å². The van der Waals surface area contributed by atoms with Gasteiger partial charge in [-0.2, -0.15) is 17.2 Å². The molecule has 2 aliphatic rings. The van der Waals surface area contributed by atoms with E-state index in [-0.39, 0.29) is 19.8 Å². The number of nitrogens with zero attached hydrogens (tertiary/aromatic N) is 5. The van der Waals surface area contributed by atoms with E-state index in [1.807, 2.05) is 18.2 Å². The van der Waals surface area contributed by atoms with Crippen molar-refractivity contribution in [3.05, 3.63) is 164 Å². The van der Waals surface area contributed by atoms with E-state index < -0.39 is 177 Å². The zero-order valence-electron chi connectivity index (χ0n) is 31.9. The Morgan fingerprint density at radius 3 is 1.17 bits per heavy atom. The predicted molar refractivity (Wildman–Crippen MR) is 207 cm³/mol. The van der Waals surface area contributed by atoms with Crippen molar-refractivity contribution >= 4 is 71.0 Å². The standard InChI is InChI=1S/C38H9F15N4O2.C5H6N.Ga/c39-22-19(23(40)29(46)34(51)28(22)45)16-10-2-1-9(54-10)15-7-8(38(58)59)37(57-15)18(21-26(43)32(49)36(53)33(50)27(21)44)14-6-5-13(56-14)17(12-4-3-11(16)55-12)20-24(41)30(47)35(52)31(48)25(20)42;1-2-4-6-5-3-1;/h1-7H,(H2-2,54,55,56,57,58,59);1-4H,5H2;/q-2;-1;/p-1. The second-order valence-corrected chi connectivity index (χ2v) is 13.5. The first-order chi connectivity index (χ1) is 30.8. The van der Waals surface area contributed by atoms with Crippen LogP contribution >= 0.6 is 0 Å². The van der Waals surface area contributed by atoms with Crippen LogP contribution in [-0.2, 0) is 0 Å². The van der Waals surface area contributed by atoms with Gasteiger partial charge in [0.25, 0.3) is 0 Å². The average Bonchev–Trinajstić information content (AvgIpc) is 4.15. The Morgan fingerprint density at radius 2 is 0.818 bits per heavy atom. The van der Waals surface area contributed by atoms with Crippen LogP contribution in [0.1, 0.15) is 21.7 Å². The first-order valence-electron chi connectivity index (χ1n) is 17.8. The van der Waals surface area contributed by atoms with Crippen LogP contribution in [0.3, 0.4) is 0 Å². The van der Waals surface area contributed by atoms with Gasteiger partial charge in [-0.1, -0.05) is 42.5 Å². The first kappa shape index (κ1) is 46.7. The fraction of sp³-hybridized carbons (Fsp3) is 0.0233. The molecule has 66 heavy (non-hydrogen) atoms. The molecule has 7 nitrogen and oxygen atoms in total. The van der Waals surface area contributed by atoms with Gasteiger partial charge >= 0.3 is 5.97 Å². The van der Waals surface area contributed by atoms with Gasteiger partial charge in [0.1, 0.15) is 0 Å². The number of hydrogen-bond donors (Lipinski definition) is 1. The molecule has 2 aliphatic heterocycles. The van der Waals surface area contributed by atoms with Crippen molar-refractivity contribution in [2.75, 3.05) is 6.54 Å². The largest absolute Gasteiger partial charge is 0.687 e. The van der Waals surface area contributed by atoms with Crippen LogP contribution in [0.5, 0.6) is 0 Å². The molecular formula is C43H14F15GaN5O2-4. The van der Waals surface area contributed by atoms with Gasteiger partial charge < -0.3 is 25.4 Å². The summed E-state index contributed by atoms with van der Waals surface area (Å²) in [5.74, 6) is -40.4. The van der Waals surface area contributed by atoms with E-state index >= 15 is 26.3 Å². The molecule has 9 rings (SSSR count). The minimum atomic E-state index is -2.67. The van der Waals surface area contributed by atoms with E-state index in [1.54, 1.807) is 6.20 Å². The molecule has 0 fully saturated rings. The number of halogens is 15. The number of benzene rings is 3. The molecule has 4 aromatic heterocycles. The summed E-state index contributed by atoms with van der Waals surface area (Å²) in [5, 5.41) is 14.1. The fourth-order valence-corrected chi connectivity index (χ4v) is 6.82. The molecule has 8 bridgehead atoms. The van der Waals surface area contributed by atoms with E-state index in [9.17, 15) is 49.4 Å². The number of allylic oxidation sites excluding steroid dienone is 2. The number of carboxylic acids is 1. The monoisotopic (exact) mass is 986 g/mol. The van der Waals surface area contributed by atoms with Gasteiger partial charge in [-0.3, -0.25) is 0 Å². The zero-order valence-corrected chi connectivity index (χ0v) is 34.3. The quantitative estimate of drug-likeness (QED) is 0.0815. The molecule has 0 saturated carbocycles. The van der Waals surface area contributed by atoms with E-state index in [1.165, 1.54) is 0 Å². The van der Waals surface area contributed by atoms with Crippen molar-refractivity contribution in [1.29, 1.82) is 0 Å². The number of hydrogen-bond acceptors (Lipinski definition) is 2. The van der Waals surface area contributed by atoms with Gasteiger partial charge in [-0.05, 0) is 28.8 Å². The number of aromatic carboxylic acids is 1. The maximum absolute atomic E-state index is 15.6. The van der Waals surface area contributed by atoms with Crippen molar-refractivity contribution in [3.63, 3.8) is 0 Å². The van der Waals surface area contributed by atoms with Crippen molar-refractivity contribution in [3.8, 4) is 33.4 Å². The molecule has 1 N–H and O–H groups in total. The van der Waals surface area contributed by atoms with E-state index in [0.29, 0.717) is 24.3 Å². The third kappa shape index (κ3) is 7.45. The van der Waals surface area contributed by atoms with Gasteiger partial charge in [0, 0.05) is 25.4 Å². The van der Waals surface area contributed by atoms with Gasteiger partial charge in [-0.25, -0.2) is 75.6 Å². The zero-order chi connectivity index (χ0) is 46.9. The maximum atomic E-state index is 15.6. The number of carboxylic acid groups (broad SMARTS) is 1. The van der Waals surface area contributed by atoms with Crippen LogP contribution in [0, 0.1) is 87.3 Å². The Labute approximate surface area is 370 Å². The molecule has 0 amide bonds. The minimum Gasteiger partial charge on any atom is -0.687 e. The molecule has 0 atom stereocenters. The summed E-state index contributed by atoms with van der Waals surface area (Å²) in [6.07, 6.45) is 9.16. The molecule has 0 saturated heterocycles. The average molecular weight is 987 g/mol. The van der Waals surface area contributed by atoms with Crippen LogP contribution in [0.4, 0.5) is 65.9 Å². The third-order valence-corrected chi connectivity index (χ3v) is 9.73.